The Kier molecular flexibility index (Phi) is 2.89. The fourth-order valence-electron chi connectivity index (χ4n) is 2.05. The number of fused-ring (bicyclic) bond motifs is 1. The van der Waals surface area contributed by atoms with Crippen LogP contribution in [0.2, 0.25) is 0 Å². The third-order valence-electron chi connectivity index (χ3n) is 3.12. The molecule has 4 heteroatoms. The van der Waals surface area contributed by atoms with E-state index in [1.54, 1.807) is 11.3 Å². The summed E-state index contributed by atoms with van der Waals surface area (Å²) in [5.74, 6) is 0.834. The summed E-state index contributed by atoms with van der Waals surface area (Å²) in [4.78, 5) is 9.03. The van der Waals surface area contributed by atoms with Gasteiger partial charge in [0.05, 0.1) is 17.1 Å². The number of hydrogen-bond acceptors (Lipinski definition) is 3. The van der Waals surface area contributed by atoms with Gasteiger partial charge in [-0.2, -0.15) is 0 Å². The van der Waals surface area contributed by atoms with Crippen molar-refractivity contribution in [2.24, 2.45) is 5.73 Å². The van der Waals surface area contributed by atoms with Crippen molar-refractivity contribution in [1.82, 2.24) is 9.97 Å². The molecule has 3 aromatic rings. The molecule has 1 aromatic carbocycles. The molecule has 0 amide bonds. The van der Waals surface area contributed by atoms with Gasteiger partial charge in [-0.15, -0.1) is 11.3 Å². The Bertz CT molecular complexity index is 655. The summed E-state index contributed by atoms with van der Waals surface area (Å²) in [5.41, 5.74) is 9.57. The lowest BCUT2D eigenvalue weighted by atomic mass is 10.1. The summed E-state index contributed by atoms with van der Waals surface area (Å²) in [6.45, 7) is 2.15. The molecular weight excluding hydrogens is 242 g/mol. The predicted octanol–water partition coefficient (Wildman–Crippen LogP) is 3.23. The maximum Gasteiger partial charge on any atom is 0.129 e. The molecule has 0 radical (unpaired) electrons. The number of nitrogens with two attached hydrogens (primary N) is 1. The molecule has 2 heterocycles. The summed E-state index contributed by atoms with van der Waals surface area (Å²) in [7, 11) is 0. The van der Waals surface area contributed by atoms with Gasteiger partial charge in [0.2, 0.25) is 0 Å². The van der Waals surface area contributed by atoms with E-state index in [0.717, 1.165) is 28.2 Å². The summed E-state index contributed by atoms with van der Waals surface area (Å²) in [6.07, 6.45) is 1.03. The van der Waals surface area contributed by atoms with Gasteiger partial charge in [-0.25, -0.2) is 4.98 Å². The molecule has 2 aromatic heterocycles. The van der Waals surface area contributed by atoms with E-state index in [4.69, 9.17) is 5.73 Å². The van der Waals surface area contributed by atoms with Gasteiger partial charge in [0.1, 0.15) is 5.82 Å². The van der Waals surface area contributed by atoms with Crippen LogP contribution in [0.3, 0.4) is 0 Å². The van der Waals surface area contributed by atoms with Crippen LogP contribution in [-0.4, -0.2) is 9.97 Å². The van der Waals surface area contributed by atoms with Gasteiger partial charge in [-0.1, -0.05) is 19.1 Å². The highest BCUT2D eigenvalue weighted by Crippen LogP contribution is 2.24. The largest absolute Gasteiger partial charge is 0.340 e. The van der Waals surface area contributed by atoms with Gasteiger partial charge < -0.3 is 10.7 Å². The van der Waals surface area contributed by atoms with Crippen LogP contribution in [0.15, 0.2) is 35.7 Å². The zero-order valence-corrected chi connectivity index (χ0v) is 11.0. The number of rotatable bonds is 3. The highest BCUT2D eigenvalue weighted by molar-refractivity contribution is 7.10. The average Bonchev–Trinajstić information content (AvgIpc) is 3.05. The molecule has 0 fully saturated rings. The molecule has 0 aliphatic rings. The highest BCUT2D eigenvalue weighted by Gasteiger charge is 2.14. The fourth-order valence-corrected chi connectivity index (χ4v) is 2.78. The Balaban J connectivity index is 2.03. The van der Waals surface area contributed by atoms with Crippen molar-refractivity contribution < 1.29 is 0 Å². The highest BCUT2D eigenvalue weighted by atomic mass is 32.1. The normalized spacial score (nSPS) is 13.0. The average molecular weight is 257 g/mol. The molecule has 0 saturated carbocycles. The minimum Gasteiger partial charge on any atom is -0.340 e. The van der Waals surface area contributed by atoms with Crippen molar-refractivity contribution in [3.05, 3.63) is 52.0 Å². The number of aromatic nitrogens is 2. The third-order valence-corrected chi connectivity index (χ3v) is 4.07. The van der Waals surface area contributed by atoms with E-state index >= 15 is 0 Å². The summed E-state index contributed by atoms with van der Waals surface area (Å²) in [6, 6.07) is 10.2. The van der Waals surface area contributed by atoms with Crippen molar-refractivity contribution in [3.63, 3.8) is 0 Å². The number of aryl methyl sites for hydroxylation is 1. The quantitative estimate of drug-likeness (QED) is 0.757. The molecule has 3 N–H and O–H groups in total. The standard InChI is InChI=1S/C14H15N3S/c1-2-9-5-6-10-11(8-9)17-14(16-10)13(15)12-4-3-7-18-12/h3-8,13H,2,15H2,1H3,(H,16,17). The monoisotopic (exact) mass is 257 g/mol. The Morgan fingerprint density at radius 1 is 1.39 bits per heavy atom. The van der Waals surface area contributed by atoms with Crippen LogP contribution < -0.4 is 5.73 Å². The van der Waals surface area contributed by atoms with E-state index in [2.05, 4.69) is 35.1 Å². The molecule has 3 nitrogen and oxygen atoms in total. The summed E-state index contributed by atoms with van der Waals surface area (Å²) >= 11 is 1.66. The zero-order chi connectivity index (χ0) is 12.5. The number of aromatic amines is 1. The first-order valence-electron chi connectivity index (χ1n) is 6.05. The van der Waals surface area contributed by atoms with E-state index in [-0.39, 0.29) is 6.04 Å². The van der Waals surface area contributed by atoms with Gasteiger partial charge >= 0.3 is 0 Å². The van der Waals surface area contributed by atoms with Gasteiger partial charge in [-0.3, -0.25) is 0 Å². The molecule has 0 saturated heterocycles. The minimum absolute atomic E-state index is 0.164. The SMILES string of the molecule is CCc1ccc2nc(C(N)c3cccs3)[nH]c2c1. The molecule has 92 valence electrons. The van der Waals surface area contributed by atoms with Gasteiger partial charge in [0, 0.05) is 4.88 Å². The second-order valence-electron chi connectivity index (χ2n) is 4.32. The van der Waals surface area contributed by atoms with E-state index in [0.29, 0.717) is 0 Å². The van der Waals surface area contributed by atoms with Crippen molar-refractivity contribution in [2.45, 2.75) is 19.4 Å². The number of nitrogens with zero attached hydrogens (tertiary/aromatic N) is 1. The number of H-pyrrole nitrogens is 1. The molecular formula is C14H15N3S. The second kappa shape index (κ2) is 4.55. The molecule has 3 rings (SSSR count). The van der Waals surface area contributed by atoms with Crippen LogP contribution in [0, 0.1) is 0 Å². The Hall–Kier alpha value is -1.65. The number of nitrogens with one attached hydrogen (secondary N) is 1. The maximum atomic E-state index is 6.21. The van der Waals surface area contributed by atoms with Crippen LogP contribution in [-0.2, 0) is 6.42 Å². The van der Waals surface area contributed by atoms with E-state index < -0.39 is 0 Å². The van der Waals surface area contributed by atoms with E-state index in [1.807, 2.05) is 17.5 Å². The second-order valence-corrected chi connectivity index (χ2v) is 5.30. The van der Waals surface area contributed by atoms with Crippen LogP contribution >= 0.6 is 11.3 Å². The molecule has 0 aliphatic carbocycles. The van der Waals surface area contributed by atoms with E-state index in [9.17, 15) is 0 Å². The Labute approximate surface area is 110 Å². The molecule has 18 heavy (non-hydrogen) atoms. The predicted molar refractivity (Wildman–Crippen MR) is 75.8 cm³/mol. The third kappa shape index (κ3) is 1.94. The summed E-state index contributed by atoms with van der Waals surface area (Å²) < 4.78 is 0. The van der Waals surface area contributed by atoms with Gasteiger partial charge in [0.25, 0.3) is 0 Å². The first-order chi connectivity index (χ1) is 8.78. The van der Waals surface area contributed by atoms with Crippen LogP contribution in [0.1, 0.15) is 29.2 Å². The molecule has 0 aliphatic heterocycles. The van der Waals surface area contributed by atoms with Crippen molar-refractivity contribution in [2.75, 3.05) is 0 Å². The van der Waals surface area contributed by atoms with Crippen LogP contribution in [0.25, 0.3) is 11.0 Å². The van der Waals surface area contributed by atoms with Crippen molar-refractivity contribution >= 4 is 22.4 Å². The zero-order valence-electron chi connectivity index (χ0n) is 10.2. The number of hydrogen-bond donors (Lipinski definition) is 2. The van der Waals surface area contributed by atoms with Crippen LogP contribution in [0.5, 0.6) is 0 Å². The molecule has 0 spiro atoms. The van der Waals surface area contributed by atoms with Crippen LogP contribution in [0.4, 0.5) is 0 Å². The minimum atomic E-state index is -0.164. The number of imidazole rings is 1. The number of thiophene rings is 1. The Morgan fingerprint density at radius 2 is 2.28 bits per heavy atom. The molecule has 0 bridgehead atoms. The van der Waals surface area contributed by atoms with Gasteiger partial charge in [-0.05, 0) is 35.6 Å². The lowest BCUT2D eigenvalue weighted by Crippen LogP contribution is -2.11. The topological polar surface area (TPSA) is 54.7 Å². The lowest BCUT2D eigenvalue weighted by molar-refractivity contribution is 0.822. The maximum absolute atomic E-state index is 6.21. The molecule has 1 atom stereocenters. The smallest absolute Gasteiger partial charge is 0.129 e. The lowest BCUT2D eigenvalue weighted by Gasteiger charge is -2.04. The number of benzene rings is 1. The van der Waals surface area contributed by atoms with Crippen molar-refractivity contribution in [1.29, 1.82) is 0 Å². The van der Waals surface area contributed by atoms with E-state index in [1.165, 1.54) is 5.56 Å². The summed E-state index contributed by atoms with van der Waals surface area (Å²) in [5, 5.41) is 2.03. The first kappa shape index (κ1) is 11.4. The molecule has 1 unspecified atom stereocenters. The van der Waals surface area contributed by atoms with Crippen molar-refractivity contribution in [3.8, 4) is 0 Å². The fraction of sp³-hybridized carbons (Fsp3) is 0.214. The first-order valence-corrected chi connectivity index (χ1v) is 6.93. The Morgan fingerprint density at radius 3 is 3.00 bits per heavy atom. The van der Waals surface area contributed by atoms with Gasteiger partial charge in [0.15, 0.2) is 0 Å².